The molecule has 0 amide bonds. The number of carboxylic acid groups (broad SMARTS) is 1. The van der Waals surface area contributed by atoms with Crippen molar-refractivity contribution in [3.8, 4) is 0 Å². The van der Waals surface area contributed by atoms with Crippen LogP contribution in [0.15, 0.2) is 41.5 Å². The van der Waals surface area contributed by atoms with Crippen LogP contribution in [-0.4, -0.2) is 11.1 Å². The van der Waals surface area contributed by atoms with Crippen molar-refractivity contribution in [2.75, 3.05) is 0 Å². The van der Waals surface area contributed by atoms with E-state index in [4.69, 9.17) is 0 Å². The van der Waals surface area contributed by atoms with E-state index in [1.54, 1.807) is 0 Å². The van der Waals surface area contributed by atoms with Crippen molar-refractivity contribution >= 4 is 5.97 Å². The first-order valence-electron chi connectivity index (χ1n) is 6.63. The van der Waals surface area contributed by atoms with Crippen molar-refractivity contribution in [3.05, 3.63) is 47.0 Å². The molecule has 0 spiro atoms. The van der Waals surface area contributed by atoms with Gasteiger partial charge in [0.1, 0.15) is 0 Å². The minimum Gasteiger partial charge on any atom is -0.478 e. The Balaban J connectivity index is 2.34. The minimum atomic E-state index is -0.738. The molecular weight excluding hydrogens is 224 g/mol. The number of hydrogen-bond donors (Lipinski definition) is 1. The molecule has 0 bridgehead atoms. The van der Waals surface area contributed by atoms with Crippen LogP contribution in [0.1, 0.15) is 44.6 Å². The highest BCUT2D eigenvalue weighted by molar-refractivity contribution is 5.87. The lowest BCUT2D eigenvalue weighted by Gasteiger charge is -2.33. The third kappa shape index (κ3) is 2.33. The summed E-state index contributed by atoms with van der Waals surface area (Å²) >= 11 is 0. The summed E-state index contributed by atoms with van der Waals surface area (Å²) in [5.74, 6) is 0.101. The molecule has 2 nitrogen and oxygen atoms in total. The van der Waals surface area contributed by atoms with Crippen LogP contribution in [0.4, 0.5) is 0 Å². The van der Waals surface area contributed by atoms with E-state index in [0.29, 0.717) is 23.8 Å². The van der Waals surface area contributed by atoms with Crippen LogP contribution in [0.3, 0.4) is 0 Å². The topological polar surface area (TPSA) is 37.3 Å². The number of benzene rings is 1. The van der Waals surface area contributed by atoms with E-state index < -0.39 is 5.97 Å². The average Bonchev–Trinajstić information content (AvgIpc) is 2.39. The van der Waals surface area contributed by atoms with Gasteiger partial charge < -0.3 is 5.11 Å². The lowest BCUT2D eigenvalue weighted by Crippen LogP contribution is -2.22. The monoisotopic (exact) mass is 244 g/mol. The van der Waals surface area contributed by atoms with Crippen LogP contribution in [-0.2, 0) is 4.79 Å². The third-order valence-corrected chi connectivity index (χ3v) is 4.15. The van der Waals surface area contributed by atoms with E-state index >= 15 is 0 Å². The molecule has 0 aliphatic heterocycles. The first-order valence-corrected chi connectivity index (χ1v) is 6.63. The quantitative estimate of drug-likeness (QED) is 0.872. The second kappa shape index (κ2) is 5.38. The summed E-state index contributed by atoms with van der Waals surface area (Å²) in [5, 5.41) is 9.22. The highest BCUT2D eigenvalue weighted by atomic mass is 16.4. The molecule has 1 aliphatic carbocycles. The van der Waals surface area contributed by atoms with Crippen molar-refractivity contribution < 1.29 is 9.90 Å². The van der Waals surface area contributed by atoms with E-state index in [0.717, 1.165) is 18.4 Å². The molecule has 1 aromatic rings. The Morgan fingerprint density at radius 3 is 2.56 bits per heavy atom. The largest absolute Gasteiger partial charge is 0.478 e. The smallest absolute Gasteiger partial charge is 0.331 e. The Morgan fingerprint density at radius 2 is 2.00 bits per heavy atom. The maximum atomic E-state index is 11.2. The number of hydrogen-bond acceptors (Lipinski definition) is 1. The Hall–Kier alpha value is -1.57. The maximum absolute atomic E-state index is 11.2. The molecule has 96 valence electrons. The van der Waals surface area contributed by atoms with Crippen molar-refractivity contribution in [3.63, 3.8) is 0 Å². The first kappa shape index (κ1) is 12.9. The van der Waals surface area contributed by atoms with Crippen LogP contribution in [0.2, 0.25) is 0 Å². The summed E-state index contributed by atoms with van der Waals surface area (Å²) in [5.41, 5.74) is 3.05. The highest BCUT2D eigenvalue weighted by Crippen LogP contribution is 2.42. The Kier molecular flexibility index (Phi) is 3.85. The summed E-state index contributed by atoms with van der Waals surface area (Å²) in [7, 11) is 0. The van der Waals surface area contributed by atoms with Crippen molar-refractivity contribution in [2.24, 2.45) is 5.92 Å². The molecule has 18 heavy (non-hydrogen) atoms. The molecule has 0 radical (unpaired) electrons. The van der Waals surface area contributed by atoms with E-state index in [-0.39, 0.29) is 0 Å². The Labute approximate surface area is 108 Å². The fraction of sp³-hybridized carbons (Fsp3) is 0.438. The van der Waals surface area contributed by atoms with Gasteiger partial charge in [0.15, 0.2) is 0 Å². The number of rotatable bonds is 3. The summed E-state index contributed by atoms with van der Waals surface area (Å²) in [4.78, 5) is 11.2. The summed E-state index contributed by atoms with van der Waals surface area (Å²) in [6, 6.07) is 10.5. The predicted molar refractivity (Wildman–Crippen MR) is 72.5 cm³/mol. The van der Waals surface area contributed by atoms with E-state index in [1.807, 2.05) is 13.0 Å². The van der Waals surface area contributed by atoms with E-state index in [9.17, 15) is 9.90 Å². The van der Waals surface area contributed by atoms with Gasteiger partial charge in [0.05, 0.1) is 0 Å². The zero-order chi connectivity index (χ0) is 13.1. The van der Waals surface area contributed by atoms with Crippen LogP contribution in [0.25, 0.3) is 0 Å². The fourth-order valence-corrected chi connectivity index (χ4v) is 3.19. The number of carboxylic acids is 1. The van der Waals surface area contributed by atoms with Crippen molar-refractivity contribution in [1.29, 1.82) is 0 Å². The van der Waals surface area contributed by atoms with Gasteiger partial charge in [0.2, 0.25) is 0 Å². The molecule has 2 rings (SSSR count). The Bertz CT molecular complexity index is 459. The predicted octanol–water partition coefficient (Wildman–Crippen LogP) is 3.99. The maximum Gasteiger partial charge on any atom is 0.331 e. The molecule has 0 saturated heterocycles. The molecule has 1 aromatic carbocycles. The molecule has 0 heterocycles. The number of aliphatic carboxylic acids is 1. The zero-order valence-corrected chi connectivity index (χ0v) is 11.0. The molecule has 0 saturated carbocycles. The summed E-state index contributed by atoms with van der Waals surface area (Å²) < 4.78 is 0. The van der Waals surface area contributed by atoms with Crippen LogP contribution in [0.5, 0.6) is 0 Å². The van der Waals surface area contributed by atoms with Gasteiger partial charge in [-0.05, 0) is 43.6 Å². The van der Waals surface area contributed by atoms with Gasteiger partial charge in [-0.2, -0.15) is 0 Å². The fourth-order valence-electron chi connectivity index (χ4n) is 3.19. The second-order valence-corrected chi connectivity index (χ2v) is 5.04. The zero-order valence-electron chi connectivity index (χ0n) is 11.0. The highest BCUT2D eigenvalue weighted by Gasteiger charge is 2.31. The third-order valence-electron chi connectivity index (χ3n) is 4.15. The minimum absolute atomic E-state index is 0.368. The van der Waals surface area contributed by atoms with Gasteiger partial charge in [-0.15, -0.1) is 0 Å². The van der Waals surface area contributed by atoms with Gasteiger partial charge >= 0.3 is 5.97 Å². The molecule has 2 atom stereocenters. The van der Waals surface area contributed by atoms with Crippen molar-refractivity contribution in [2.45, 2.75) is 39.0 Å². The first-order chi connectivity index (χ1) is 8.65. The van der Waals surface area contributed by atoms with Crippen LogP contribution >= 0.6 is 0 Å². The van der Waals surface area contributed by atoms with Gasteiger partial charge in [0, 0.05) is 5.57 Å². The van der Waals surface area contributed by atoms with E-state index in [1.165, 1.54) is 5.56 Å². The van der Waals surface area contributed by atoms with Gasteiger partial charge in [0.25, 0.3) is 0 Å². The van der Waals surface area contributed by atoms with Gasteiger partial charge in [-0.25, -0.2) is 4.79 Å². The van der Waals surface area contributed by atoms with E-state index in [2.05, 4.69) is 31.2 Å². The molecule has 2 heteroatoms. The molecule has 0 aromatic heterocycles. The lowest BCUT2D eigenvalue weighted by molar-refractivity contribution is -0.133. The summed E-state index contributed by atoms with van der Waals surface area (Å²) in [6.07, 6.45) is 2.64. The van der Waals surface area contributed by atoms with Gasteiger partial charge in [-0.1, -0.05) is 42.8 Å². The molecule has 1 N–H and O–H groups in total. The second-order valence-electron chi connectivity index (χ2n) is 5.04. The Morgan fingerprint density at radius 1 is 1.33 bits per heavy atom. The number of carbonyl (C=O) groups is 1. The SMILES string of the molecule is CCC1C(C)=C(C(=O)O)CCC1c1ccccc1. The van der Waals surface area contributed by atoms with Gasteiger partial charge in [-0.3, -0.25) is 0 Å². The molecule has 2 unspecified atom stereocenters. The average molecular weight is 244 g/mol. The number of allylic oxidation sites excluding steroid dienone is 1. The van der Waals surface area contributed by atoms with Crippen molar-refractivity contribution in [1.82, 2.24) is 0 Å². The molecular formula is C16H20O2. The normalized spacial score (nSPS) is 24.1. The van der Waals surface area contributed by atoms with Crippen LogP contribution < -0.4 is 0 Å². The summed E-state index contributed by atoms with van der Waals surface area (Å²) in [6.45, 7) is 4.14. The van der Waals surface area contributed by atoms with Crippen LogP contribution in [0, 0.1) is 5.92 Å². The standard InChI is InChI=1S/C16H20O2/c1-3-13-11(2)14(16(17)18)9-10-15(13)12-7-5-4-6-8-12/h4-8,13,15H,3,9-10H2,1-2H3,(H,17,18). The molecule has 0 fully saturated rings. The molecule has 1 aliphatic rings. The lowest BCUT2D eigenvalue weighted by atomic mass is 9.71.